The van der Waals surface area contributed by atoms with Crippen LogP contribution < -0.4 is 5.32 Å². The Kier molecular flexibility index (Phi) is 8.88. The van der Waals surface area contributed by atoms with E-state index in [1.807, 2.05) is 0 Å². The van der Waals surface area contributed by atoms with Crippen LogP contribution in [0.5, 0.6) is 0 Å². The number of nitrogens with one attached hydrogen (secondary N) is 1. The van der Waals surface area contributed by atoms with Crippen LogP contribution >= 0.6 is 0 Å². The summed E-state index contributed by atoms with van der Waals surface area (Å²) in [6, 6.07) is 0. The highest BCUT2D eigenvalue weighted by atomic mass is 16.5. The number of carbonyl (C=O) groups is 2. The Labute approximate surface area is 274 Å². The summed E-state index contributed by atoms with van der Waals surface area (Å²) in [5.74, 6) is 2.82. The number of morpholine rings is 1. The zero-order chi connectivity index (χ0) is 32.4. The normalized spacial score (nSPS) is 46.0. The Balaban J connectivity index is 1.26. The van der Waals surface area contributed by atoms with Crippen LogP contribution in [0.15, 0.2) is 11.6 Å². The van der Waals surface area contributed by atoms with Gasteiger partial charge in [0, 0.05) is 32.0 Å². The van der Waals surface area contributed by atoms with Gasteiger partial charge in [-0.15, -0.1) is 0 Å². The van der Waals surface area contributed by atoms with Crippen molar-refractivity contribution < 1.29 is 19.1 Å². The maximum absolute atomic E-state index is 14.4. The van der Waals surface area contributed by atoms with E-state index in [0.29, 0.717) is 35.5 Å². The van der Waals surface area contributed by atoms with Crippen molar-refractivity contribution in [3.63, 3.8) is 0 Å². The first kappa shape index (κ1) is 33.5. The van der Waals surface area contributed by atoms with Gasteiger partial charge in [-0.3, -0.25) is 14.5 Å². The summed E-state index contributed by atoms with van der Waals surface area (Å²) < 4.78 is 11.5. The van der Waals surface area contributed by atoms with Gasteiger partial charge in [0.2, 0.25) is 5.91 Å². The Hall–Kier alpha value is -1.40. The number of fused-ring (bicyclic) bond motifs is 7. The quantitative estimate of drug-likeness (QED) is 0.189. The number of rotatable bonds is 6. The molecule has 1 N–H and O–H groups in total. The lowest BCUT2D eigenvalue weighted by Gasteiger charge is -2.71. The molecule has 6 heteroatoms. The molecule has 1 amide bonds. The number of hydrogen-bond acceptors (Lipinski definition) is 5. The van der Waals surface area contributed by atoms with Gasteiger partial charge in [-0.1, -0.05) is 60.1 Å². The second-order valence-corrected chi connectivity index (χ2v) is 17.8. The zero-order valence-electron chi connectivity index (χ0n) is 29.9. The van der Waals surface area contributed by atoms with Crippen molar-refractivity contribution in [3.8, 4) is 0 Å². The Morgan fingerprint density at radius 1 is 0.956 bits per heavy atom. The third kappa shape index (κ3) is 5.16. The molecule has 0 aromatic carbocycles. The van der Waals surface area contributed by atoms with Gasteiger partial charge in [-0.05, 0) is 117 Å². The molecule has 1 aliphatic heterocycles. The molecule has 0 bridgehead atoms. The highest BCUT2D eigenvalue weighted by Gasteiger charge is 2.69. The summed E-state index contributed by atoms with van der Waals surface area (Å²) in [6.07, 6.45) is 13.6. The highest BCUT2D eigenvalue weighted by molar-refractivity contribution is 5.84. The third-order valence-corrected chi connectivity index (χ3v) is 15.7. The lowest BCUT2D eigenvalue weighted by atomic mass is 9.33. The maximum Gasteiger partial charge on any atom is 0.302 e. The average molecular weight is 625 g/mol. The summed E-state index contributed by atoms with van der Waals surface area (Å²) in [5, 5.41) is 3.50. The molecule has 4 saturated carbocycles. The molecule has 1 saturated heterocycles. The number of esters is 1. The van der Waals surface area contributed by atoms with Crippen molar-refractivity contribution in [3.05, 3.63) is 11.6 Å². The van der Waals surface area contributed by atoms with Gasteiger partial charge < -0.3 is 14.8 Å². The monoisotopic (exact) mass is 624 g/mol. The summed E-state index contributed by atoms with van der Waals surface area (Å²) >= 11 is 0. The lowest BCUT2D eigenvalue weighted by molar-refractivity contribution is -0.212. The molecule has 0 aromatic rings. The van der Waals surface area contributed by atoms with Crippen molar-refractivity contribution in [1.29, 1.82) is 0 Å². The molecular formula is C39H64N2O4. The van der Waals surface area contributed by atoms with E-state index in [-0.39, 0.29) is 39.1 Å². The fourth-order valence-corrected chi connectivity index (χ4v) is 12.8. The number of nitrogens with zero attached hydrogens (tertiary/aromatic N) is 1. The molecular weight excluding hydrogens is 560 g/mol. The van der Waals surface area contributed by atoms with E-state index >= 15 is 0 Å². The van der Waals surface area contributed by atoms with E-state index in [1.165, 1.54) is 12.8 Å². The first-order valence-corrected chi connectivity index (χ1v) is 18.7. The molecule has 45 heavy (non-hydrogen) atoms. The van der Waals surface area contributed by atoms with Crippen LogP contribution in [0.25, 0.3) is 0 Å². The van der Waals surface area contributed by atoms with Crippen LogP contribution in [0.1, 0.15) is 120 Å². The standard InChI is InChI=1S/C39H64N2O4/c1-26-12-17-39(34(43)40-20-9-21-41-22-24-44-25-23-41)19-18-37(7)29(33(39)27(26)2)10-11-31-36(6)15-14-32(45-28(3)42)35(4,5)30(36)13-16-38(31,37)8/h10,26-27,30-33H,9,11-25H2,1-8H3,(H,40,43)/t26-,27+,30+,31-,32+,33+,36+,37-,38-,39+/m1/s1. The lowest BCUT2D eigenvalue weighted by Crippen LogP contribution is -2.66. The van der Waals surface area contributed by atoms with Crippen LogP contribution in [-0.4, -0.2) is 62.3 Å². The Morgan fingerprint density at radius 2 is 1.69 bits per heavy atom. The molecule has 1 heterocycles. The van der Waals surface area contributed by atoms with Crippen LogP contribution in [0.4, 0.5) is 0 Å². The molecule has 6 rings (SSSR count). The molecule has 0 spiro atoms. The van der Waals surface area contributed by atoms with E-state index < -0.39 is 0 Å². The molecule has 10 atom stereocenters. The van der Waals surface area contributed by atoms with Gasteiger partial charge in [-0.25, -0.2) is 0 Å². The molecule has 5 fully saturated rings. The molecule has 0 unspecified atom stereocenters. The van der Waals surface area contributed by atoms with Gasteiger partial charge in [0.05, 0.1) is 18.6 Å². The van der Waals surface area contributed by atoms with Crippen LogP contribution in [-0.2, 0) is 19.1 Å². The van der Waals surface area contributed by atoms with E-state index in [0.717, 1.165) is 90.8 Å². The van der Waals surface area contributed by atoms with Crippen molar-refractivity contribution in [2.45, 2.75) is 126 Å². The first-order valence-electron chi connectivity index (χ1n) is 18.7. The van der Waals surface area contributed by atoms with Crippen LogP contribution in [0.2, 0.25) is 0 Å². The molecule has 0 radical (unpaired) electrons. The fraction of sp³-hybridized carbons (Fsp3) is 0.897. The minimum absolute atomic E-state index is 0.00923. The molecule has 6 aliphatic rings. The van der Waals surface area contributed by atoms with Crippen LogP contribution in [0.3, 0.4) is 0 Å². The first-order chi connectivity index (χ1) is 21.2. The number of allylic oxidation sites excluding steroid dienone is 2. The molecule has 0 aromatic heterocycles. The number of amides is 1. The van der Waals surface area contributed by atoms with Crippen LogP contribution in [0, 0.1) is 56.7 Å². The largest absolute Gasteiger partial charge is 0.462 e. The van der Waals surface area contributed by atoms with Gasteiger partial charge in [0.15, 0.2) is 0 Å². The smallest absolute Gasteiger partial charge is 0.302 e. The second-order valence-electron chi connectivity index (χ2n) is 17.8. The molecule has 6 nitrogen and oxygen atoms in total. The predicted molar refractivity (Wildman–Crippen MR) is 179 cm³/mol. The van der Waals surface area contributed by atoms with Gasteiger partial charge in [-0.2, -0.15) is 0 Å². The maximum atomic E-state index is 14.4. The van der Waals surface area contributed by atoms with Gasteiger partial charge >= 0.3 is 5.97 Å². The minimum Gasteiger partial charge on any atom is -0.462 e. The summed E-state index contributed by atoms with van der Waals surface area (Å²) in [6.45, 7) is 24.5. The van der Waals surface area contributed by atoms with E-state index in [1.54, 1.807) is 12.5 Å². The highest BCUT2D eigenvalue weighted by Crippen LogP contribution is 2.75. The van der Waals surface area contributed by atoms with Crippen molar-refractivity contribution in [2.24, 2.45) is 56.7 Å². The van der Waals surface area contributed by atoms with Gasteiger partial charge in [0.25, 0.3) is 0 Å². The summed E-state index contributed by atoms with van der Waals surface area (Å²) in [7, 11) is 0. The Morgan fingerprint density at radius 3 is 2.40 bits per heavy atom. The molecule has 5 aliphatic carbocycles. The SMILES string of the molecule is CC(=O)O[C@H]1CC[C@]2(C)[C@H]3CC=C4[C@@H]5[C@@H](C)[C@H](C)CC[C@]5(C(=O)NCCCN5CCOCC5)CC[C@@]4(C)[C@]3(C)CC[C@H]2C1(C)C. The number of ether oxygens (including phenoxy) is 2. The fourth-order valence-electron chi connectivity index (χ4n) is 12.8. The van der Waals surface area contributed by atoms with E-state index in [2.05, 4.69) is 64.8 Å². The predicted octanol–water partition coefficient (Wildman–Crippen LogP) is 7.41. The third-order valence-electron chi connectivity index (χ3n) is 15.7. The second kappa shape index (κ2) is 11.9. The molecule has 254 valence electrons. The Bertz CT molecular complexity index is 1180. The summed E-state index contributed by atoms with van der Waals surface area (Å²) in [4.78, 5) is 28.9. The zero-order valence-corrected chi connectivity index (χ0v) is 29.9. The number of carbonyl (C=O) groups excluding carboxylic acids is 2. The van der Waals surface area contributed by atoms with E-state index in [4.69, 9.17) is 9.47 Å². The topological polar surface area (TPSA) is 67.9 Å². The van der Waals surface area contributed by atoms with Crippen molar-refractivity contribution in [1.82, 2.24) is 10.2 Å². The van der Waals surface area contributed by atoms with Gasteiger partial charge in [0.1, 0.15) is 6.10 Å². The van der Waals surface area contributed by atoms with Crippen molar-refractivity contribution >= 4 is 11.9 Å². The number of hydrogen-bond donors (Lipinski definition) is 1. The van der Waals surface area contributed by atoms with E-state index in [9.17, 15) is 9.59 Å². The average Bonchev–Trinajstić information content (AvgIpc) is 2.99. The summed E-state index contributed by atoms with van der Waals surface area (Å²) in [5.41, 5.74) is 1.87. The van der Waals surface area contributed by atoms with Crippen molar-refractivity contribution in [2.75, 3.05) is 39.4 Å². The minimum atomic E-state index is -0.273.